The Balaban J connectivity index is 1.88. The summed E-state index contributed by atoms with van der Waals surface area (Å²) in [4.78, 5) is 26.8. The summed E-state index contributed by atoms with van der Waals surface area (Å²) in [5.74, 6) is -0.312. The van der Waals surface area contributed by atoms with Crippen LogP contribution in [0.3, 0.4) is 0 Å². The van der Waals surface area contributed by atoms with Crippen molar-refractivity contribution < 1.29 is 9.72 Å². The highest BCUT2D eigenvalue weighted by Crippen LogP contribution is 2.29. The molecule has 0 saturated carbocycles. The molecule has 0 atom stereocenters. The van der Waals surface area contributed by atoms with Gasteiger partial charge < -0.3 is 0 Å². The monoisotopic (exact) mass is 317 g/mol. The molecule has 2 aromatic heterocycles. The molecule has 2 heterocycles. The molecule has 0 aliphatic heterocycles. The number of rotatable bonds is 4. The number of aryl methyl sites for hydroxylation is 1. The number of nitro benzene ring substituents is 1. The van der Waals surface area contributed by atoms with Crippen molar-refractivity contribution in [3.05, 3.63) is 46.3 Å². The number of nitrogens with zero attached hydrogens (tertiary/aromatic N) is 4. The minimum atomic E-state index is -0.461. The van der Waals surface area contributed by atoms with Crippen LogP contribution in [0.2, 0.25) is 0 Å². The zero-order valence-electron chi connectivity index (χ0n) is 11.5. The lowest BCUT2D eigenvalue weighted by Gasteiger charge is -2.03. The first kappa shape index (κ1) is 14.1. The second-order valence-corrected chi connectivity index (χ2v) is 5.45. The van der Waals surface area contributed by atoms with E-state index in [2.05, 4.69) is 15.4 Å². The van der Waals surface area contributed by atoms with E-state index in [0.29, 0.717) is 27.6 Å². The lowest BCUT2D eigenvalue weighted by atomic mass is 10.3. The van der Waals surface area contributed by atoms with Crippen LogP contribution in [0, 0.1) is 10.1 Å². The molecule has 0 bridgehead atoms. The summed E-state index contributed by atoms with van der Waals surface area (Å²) < 4.78 is 2.22. The standard InChI is InChI=1S/C13H11N5O3S/c1-2-17-10(5-6-14-17)12(19)16-13-15-9-4-3-8(18(20)21)7-11(9)22-13/h3-7H,2H2,1H3,(H,15,16,19). The number of hydrogen-bond donors (Lipinski definition) is 1. The Morgan fingerprint density at radius 3 is 3.00 bits per heavy atom. The average Bonchev–Trinajstić information content (AvgIpc) is 3.11. The zero-order valence-corrected chi connectivity index (χ0v) is 12.3. The number of carbonyl (C=O) groups excluding carboxylic acids is 1. The van der Waals surface area contributed by atoms with Gasteiger partial charge in [0.05, 0.1) is 15.1 Å². The van der Waals surface area contributed by atoms with E-state index in [1.165, 1.54) is 23.5 Å². The van der Waals surface area contributed by atoms with E-state index >= 15 is 0 Å². The minimum Gasteiger partial charge on any atom is -0.296 e. The van der Waals surface area contributed by atoms with E-state index in [4.69, 9.17) is 0 Å². The van der Waals surface area contributed by atoms with E-state index < -0.39 is 4.92 Å². The summed E-state index contributed by atoms with van der Waals surface area (Å²) in [6, 6.07) is 6.02. The minimum absolute atomic E-state index is 0.00177. The van der Waals surface area contributed by atoms with Crippen molar-refractivity contribution in [1.82, 2.24) is 14.8 Å². The summed E-state index contributed by atoms with van der Waals surface area (Å²) in [5.41, 5.74) is 1.04. The van der Waals surface area contributed by atoms with Gasteiger partial charge >= 0.3 is 0 Å². The molecule has 0 fully saturated rings. The molecule has 0 unspecified atom stereocenters. The van der Waals surface area contributed by atoms with Crippen LogP contribution in [0.15, 0.2) is 30.5 Å². The van der Waals surface area contributed by atoms with Crippen molar-refractivity contribution in [2.45, 2.75) is 13.5 Å². The molecule has 112 valence electrons. The third kappa shape index (κ3) is 2.53. The van der Waals surface area contributed by atoms with Gasteiger partial charge in [-0.3, -0.25) is 24.9 Å². The van der Waals surface area contributed by atoms with Crippen molar-refractivity contribution in [1.29, 1.82) is 0 Å². The first-order valence-corrected chi connectivity index (χ1v) is 7.28. The molecule has 3 aromatic rings. The quantitative estimate of drug-likeness (QED) is 0.588. The summed E-state index contributed by atoms with van der Waals surface area (Å²) in [5, 5.41) is 17.9. The van der Waals surface area contributed by atoms with Crippen LogP contribution in [-0.4, -0.2) is 25.6 Å². The molecule has 3 rings (SSSR count). The van der Waals surface area contributed by atoms with Crippen molar-refractivity contribution in [2.24, 2.45) is 0 Å². The van der Waals surface area contributed by atoms with E-state index in [9.17, 15) is 14.9 Å². The first-order valence-electron chi connectivity index (χ1n) is 6.46. The number of nitrogens with one attached hydrogen (secondary N) is 1. The van der Waals surface area contributed by atoms with Crippen molar-refractivity contribution in [3.63, 3.8) is 0 Å². The number of amides is 1. The molecule has 8 nitrogen and oxygen atoms in total. The molecule has 9 heteroatoms. The molecule has 0 aliphatic carbocycles. The van der Waals surface area contributed by atoms with Crippen molar-refractivity contribution in [2.75, 3.05) is 5.32 Å². The highest BCUT2D eigenvalue weighted by Gasteiger charge is 2.15. The van der Waals surface area contributed by atoms with E-state index in [1.807, 2.05) is 6.92 Å². The van der Waals surface area contributed by atoms with Gasteiger partial charge in [-0.05, 0) is 19.1 Å². The Bertz CT molecular complexity index is 870. The summed E-state index contributed by atoms with van der Waals surface area (Å²) in [6.07, 6.45) is 1.56. The average molecular weight is 317 g/mol. The highest BCUT2D eigenvalue weighted by atomic mass is 32.1. The molecular formula is C13H11N5O3S. The maximum Gasteiger partial charge on any atom is 0.275 e. The molecule has 0 spiro atoms. The number of thiazole rings is 1. The van der Waals surface area contributed by atoms with Gasteiger partial charge in [0, 0.05) is 24.9 Å². The number of aromatic nitrogens is 3. The summed E-state index contributed by atoms with van der Waals surface area (Å²) in [6.45, 7) is 2.47. The lowest BCUT2D eigenvalue weighted by molar-refractivity contribution is -0.384. The number of nitro groups is 1. The number of anilines is 1. The Morgan fingerprint density at radius 2 is 2.27 bits per heavy atom. The van der Waals surface area contributed by atoms with E-state index in [1.54, 1.807) is 23.0 Å². The third-order valence-electron chi connectivity index (χ3n) is 3.05. The fourth-order valence-corrected chi connectivity index (χ4v) is 2.91. The van der Waals surface area contributed by atoms with Gasteiger partial charge in [0.1, 0.15) is 5.69 Å². The molecule has 1 amide bonds. The van der Waals surface area contributed by atoms with E-state index in [-0.39, 0.29) is 11.6 Å². The molecule has 0 radical (unpaired) electrons. The Hall–Kier alpha value is -2.81. The molecule has 1 N–H and O–H groups in total. The van der Waals surface area contributed by atoms with Crippen molar-refractivity contribution >= 4 is 38.3 Å². The normalized spacial score (nSPS) is 10.8. The summed E-state index contributed by atoms with van der Waals surface area (Å²) in [7, 11) is 0. The van der Waals surface area contributed by atoms with Crippen LogP contribution >= 0.6 is 11.3 Å². The summed E-state index contributed by atoms with van der Waals surface area (Å²) >= 11 is 1.19. The number of hydrogen-bond acceptors (Lipinski definition) is 6. The SMILES string of the molecule is CCn1nccc1C(=O)Nc1nc2ccc([N+](=O)[O-])cc2s1. The van der Waals surface area contributed by atoms with Gasteiger partial charge in [0.2, 0.25) is 0 Å². The van der Waals surface area contributed by atoms with Gasteiger partial charge in [-0.25, -0.2) is 4.98 Å². The van der Waals surface area contributed by atoms with Crippen LogP contribution in [0.5, 0.6) is 0 Å². The first-order chi connectivity index (χ1) is 10.6. The maximum absolute atomic E-state index is 12.2. The zero-order chi connectivity index (χ0) is 15.7. The Kier molecular flexibility index (Phi) is 3.55. The Morgan fingerprint density at radius 1 is 1.45 bits per heavy atom. The van der Waals surface area contributed by atoms with Crippen LogP contribution in [0.1, 0.15) is 17.4 Å². The van der Waals surface area contributed by atoms with Crippen LogP contribution in [0.4, 0.5) is 10.8 Å². The van der Waals surface area contributed by atoms with Gasteiger partial charge in [-0.1, -0.05) is 11.3 Å². The van der Waals surface area contributed by atoms with Gasteiger partial charge in [-0.2, -0.15) is 5.10 Å². The Labute approximate surface area is 128 Å². The second-order valence-electron chi connectivity index (χ2n) is 4.41. The number of fused-ring (bicyclic) bond motifs is 1. The molecule has 22 heavy (non-hydrogen) atoms. The smallest absolute Gasteiger partial charge is 0.275 e. The molecule has 0 saturated heterocycles. The third-order valence-corrected chi connectivity index (χ3v) is 3.99. The van der Waals surface area contributed by atoms with Gasteiger partial charge in [0.15, 0.2) is 5.13 Å². The largest absolute Gasteiger partial charge is 0.296 e. The molecule has 1 aromatic carbocycles. The van der Waals surface area contributed by atoms with Gasteiger partial charge in [-0.15, -0.1) is 0 Å². The molecular weight excluding hydrogens is 306 g/mol. The van der Waals surface area contributed by atoms with E-state index in [0.717, 1.165) is 0 Å². The highest BCUT2D eigenvalue weighted by molar-refractivity contribution is 7.22. The second kappa shape index (κ2) is 5.53. The van der Waals surface area contributed by atoms with Gasteiger partial charge in [0.25, 0.3) is 11.6 Å². The van der Waals surface area contributed by atoms with Crippen LogP contribution in [0.25, 0.3) is 10.2 Å². The fourth-order valence-electron chi connectivity index (χ4n) is 2.02. The van der Waals surface area contributed by atoms with Crippen LogP contribution < -0.4 is 5.32 Å². The van der Waals surface area contributed by atoms with Crippen molar-refractivity contribution in [3.8, 4) is 0 Å². The maximum atomic E-state index is 12.2. The number of non-ortho nitro benzene ring substituents is 1. The number of benzene rings is 1. The predicted molar refractivity (Wildman–Crippen MR) is 82.1 cm³/mol. The number of carbonyl (C=O) groups is 1. The fraction of sp³-hybridized carbons (Fsp3) is 0.154. The lowest BCUT2D eigenvalue weighted by Crippen LogP contribution is -2.17. The molecule has 0 aliphatic rings. The predicted octanol–water partition coefficient (Wildman–Crippen LogP) is 2.67. The topological polar surface area (TPSA) is 103 Å². The van der Waals surface area contributed by atoms with Crippen LogP contribution in [-0.2, 0) is 6.54 Å².